The zero-order valence-electron chi connectivity index (χ0n) is 11.7. The number of nitrogens with zero attached hydrogens (tertiary/aromatic N) is 3. The van der Waals surface area contributed by atoms with Crippen LogP contribution >= 0.6 is 0 Å². The molecule has 6 heteroatoms. The minimum absolute atomic E-state index is 0.659. The number of benzene rings is 1. The molecule has 2 amide bonds. The molecule has 0 spiro atoms. The van der Waals surface area contributed by atoms with Gasteiger partial charge in [0.05, 0.1) is 6.21 Å². The van der Waals surface area contributed by atoms with Crippen molar-refractivity contribution >= 4 is 12.2 Å². The first kappa shape index (κ1) is 14.5. The van der Waals surface area contributed by atoms with E-state index in [2.05, 4.69) is 39.5 Å². The van der Waals surface area contributed by atoms with Crippen LogP contribution in [0.15, 0.2) is 29.4 Å². The van der Waals surface area contributed by atoms with Gasteiger partial charge in [-0.3, -0.25) is 4.90 Å². The zero-order chi connectivity index (χ0) is 14.4. The third kappa shape index (κ3) is 4.64. The number of likely N-dealkylation sites (N-methyl/N-ethyl adjacent to an activating group) is 1. The molecule has 0 aliphatic carbocycles. The number of primary amides is 1. The van der Waals surface area contributed by atoms with Crippen molar-refractivity contribution in [2.24, 2.45) is 10.8 Å². The molecule has 20 heavy (non-hydrogen) atoms. The summed E-state index contributed by atoms with van der Waals surface area (Å²) in [4.78, 5) is 15.3. The average Bonchev–Trinajstić information content (AvgIpc) is 2.43. The summed E-state index contributed by atoms with van der Waals surface area (Å²) in [5.41, 5.74) is 9.31. The number of hydrogen-bond acceptors (Lipinski definition) is 4. The molecule has 0 radical (unpaired) electrons. The number of hydrazone groups is 1. The van der Waals surface area contributed by atoms with Gasteiger partial charge in [-0.2, -0.15) is 5.10 Å². The van der Waals surface area contributed by atoms with Crippen LogP contribution in [-0.4, -0.2) is 55.3 Å². The summed E-state index contributed by atoms with van der Waals surface area (Å²) in [6.45, 7) is 5.46. The Kier molecular flexibility index (Phi) is 5.09. The SMILES string of the molecule is CN1CCN(Cc2ccc(C=NNC(N)=O)cc2)CC1. The number of amides is 2. The first-order valence-electron chi connectivity index (χ1n) is 6.72. The normalized spacial score (nSPS) is 17.4. The van der Waals surface area contributed by atoms with Crippen molar-refractivity contribution in [3.05, 3.63) is 35.4 Å². The van der Waals surface area contributed by atoms with Crippen LogP contribution in [0.2, 0.25) is 0 Å². The lowest BCUT2D eigenvalue weighted by atomic mass is 10.1. The fourth-order valence-corrected chi connectivity index (χ4v) is 2.14. The third-order valence-corrected chi connectivity index (χ3v) is 3.37. The van der Waals surface area contributed by atoms with Crippen molar-refractivity contribution in [1.82, 2.24) is 15.2 Å². The van der Waals surface area contributed by atoms with E-state index >= 15 is 0 Å². The lowest BCUT2D eigenvalue weighted by molar-refractivity contribution is 0.148. The van der Waals surface area contributed by atoms with E-state index in [1.165, 1.54) is 5.56 Å². The summed E-state index contributed by atoms with van der Waals surface area (Å²) >= 11 is 0. The number of nitrogens with one attached hydrogen (secondary N) is 1. The van der Waals surface area contributed by atoms with Gasteiger partial charge in [0.25, 0.3) is 0 Å². The van der Waals surface area contributed by atoms with Crippen LogP contribution in [-0.2, 0) is 6.54 Å². The predicted octanol–water partition coefficient (Wildman–Crippen LogP) is 0.436. The molecule has 1 heterocycles. The maximum atomic E-state index is 10.5. The van der Waals surface area contributed by atoms with E-state index in [0.717, 1.165) is 38.3 Å². The number of urea groups is 1. The molecule has 0 atom stereocenters. The molecule has 0 bridgehead atoms. The van der Waals surface area contributed by atoms with Crippen molar-refractivity contribution in [3.63, 3.8) is 0 Å². The van der Waals surface area contributed by atoms with Gasteiger partial charge in [-0.15, -0.1) is 0 Å². The second-order valence-electron chi connectivity index (χ2n) is 5.06. The molecule has 0 saturated carbocycles. The van der Waals surface area contributed by atoms with E-state index < -0.39 is 6.03 Å². The van der Waals surface area contributed by atoms with Crippen LogP contribution in [0.3, 0.4) is 0 Å². The third-order valence-electron chi connectivity index (χ3n) is 3.37. The van der Waals surface area contributed by atoms with Crippen LogP contribution in [0.4, 0.5) is 4.79 Å². The molecule has 1 aliphatic rings. The number of nitrogens with two attached hydrogens (primary N) is 1. The van der Waals surface area contributed by atoms with Crippen molar-refractivity contribution in [3.8, 4) is 0 Å². The van der Waals surface area contributed by atoms with E-state index in [0.29, 0.717) is 0 Å². The first-order chi connectivity index (χ1) is 9.63. The van der Waals surface area contributed by atoms with Gasteiger partial charge in [0.15, 0.2) is 0 Å². The Labute approximate surface area is 119 Å². The second-order valence-corrected chi connectivity index (χ2v) is 5.06. The monoisotopic (exact) mass is 275 g/mol. The molecule has 1 aromatic rings. The molecule has 0 unspecified atom stereocenters. The largest absolute Gasteiger partial charge is 0.350 e. The van der Waals surface area contributed by atoms with Crippen molar-refractivity contribution < 1.29 is 4.79 Å². The van der Waals surface area contributed by atoms with Gasteiger partial charge in [0.1, 0.15) is 0 Å². The highest BCUT2D eigenvalue weighted by molar-refractivity contribution is 5.81. The van der Waals surface area contributed by atoms with Crippen LogP contribution in [0.25, 0.3) is 0 Å². The maximum absolute atomic E-state index is 10.5. The van der Waals surface area contributed by atoms with Crippen LogP contribution in [0, 0.1) is 0 Å². The minimum atomic E-state index is -0.659. The van der Waals surface area contributed by atoms with Crippen molar-refractivity contribution in [2.75, 3.05) is 33.2 Å². The predicted molar refractivity (Wildman–Crippen MR) is 79.5 cm³/mol. The van der Waals surface area contributed by atoms with Crippen LogP contribution in [0.5, 0.6) is 0 Å². The lowest BCUT2D eigenvalue weighted by Gasteiger charge is -2.32. The number of hydrogen-bond donors (Lipinski definition) is 2. The minimum Gasteiger partial charge on any atom is -0.350 e. The fourth-order valence-electron chi connectivity index (χ4n) is 2.14. The Morgan fingerprint density at radius 2 is 1.95 bits per heavy atom. The summed E-state index contributed by atoms with van der Waals surface area (Å²) in [5.74, 6) is 0. The highest BCUT2D eigenvalue weighted by Gasteiger charge is 2.13. The molecule has 108 valence electrons. The summed E-state index contributed by atoms with van der Waals surface area (Å²) in [6.07, 6.45) is 1.57. The van der Waals surface area contributed by atoms with Crippen molar-refractivity contribution in [1.29, 1.82) is 0 Å². The first-order valence-corrected chi connectivity index (χ1v) is 6.72. The Morgan fingerprint density at radius 1 is 1.30 bits per heavy atom. The second kappa shape index (κ2) is 7.02. The van der Waals surface area contributed by atoms with Crippen LogP contribution in [0.1, 0.15) is 11.1 Å². The van der Waals surface area contributed by atoms with E-state index in [-0.39, 0.29) is 0 Å². The number of piperazine rings is 1. The van der Waals surface area contributed by atoms with Crippen molar-refractivity contribution in [2.45, 2.75) is 6.54 Å². The van der Waals surface area contributed by atoms with E-state index in [1.54, 1.807) is 6.21 Å². The molecule has 0 aromatic heterocycles. The molecular weight excluding hydrogens is 254 g/mol. The van der Waals surface area contributed by atoms with Gasteiger partial charge < -0.3 is 10.6 Å². The van der Waals surface area contributed by atoms with Gasteiger partial charge in [-0.1, -0.05) is 24.3 Å². The molecule has 1 aromatic carbocycles. The maximum Gasteiger partial charge on any atom is 0.332 e. The highest BCUT2D eigenvalue weighted by Crippen LogP contribution is 2.08. The molecule has 2 rings (SSSR count). The summed E-state index contributed by atoms with van der Waals surface area (Å²) in [6, 6.07) is 7.48. The molecule has 1 fully saturated rings. The summed E-state index contributed by atoms with van der Waals surface area (Å²) in [5, 5.41) is 3.73. The molecule has 1 aliphatic heterocycles. The van der Waals surface area contributed by atoms with Gasteiger partial charge in [0.2, 0.25) is 0 Å². The van der Waals surface area contributed by atoms with E-state index in [1.807, 2.05) is 12.1 Å². The standard InChI is InChI=1S/C14H21N5O/c1-18-6-8-19(9-7-18)11-13-4-2-12(3-5-13)10-16-17-14(15)20/h2-5,10H,6-9,11H2,1H3,(H3,15,17,20). The van der Waals surface area contributed by atoms with Gasteiger partial charge in [-0.25, -0.2) is 10.2 Å². The quantitative estimate of drug-likeness (QED) is 0.618. The lowest BCUT2D eigenvalue weighted by Crippen LogP contribution is -2.43. The molecular formula is C14H21N5O. The Hall–Kier alpha value is -1.92. The molecule has 1 saturated heterocycles. The van der Waals surface area contributed by atoms with Gasteiger partial charge >= 0.3 is 6.03 Å². The topological polar surface area (TPSA) is 74.0 Å². The van der Waals surface area contributed by atoms with Gasteiger partial charge in [-0.05, 0) is 18.2 Å². The summed E-state index contributed by atoms with van der Waals surface area (Å²) < 4.78 is 0. The number of rotatable bonds is 4. The fraction of sp³-hybridized carbons (Fsp3) is 0.429. The number of carbonyl (C=O) groups is 1. The smallest absolute Gasteiger partial charge is 0.332 e. The molecule has 3 N–H and O–H groups in total. The zero-order valence-corrected chi connectivity index (χ0v) is 11.7. The Balaban J connectivity index is 1.85. The highest BCUT2D eigenvalue weighted by atomic mass is 16.2. The average molecular weight is 275 g/mol. The van der Waals surface area contributed by atoms with Crippen LogP contribution < -0.4 is 11.2 Å². The Bertz CT molecular complexity index is 463. The molecule has 6 nitrogen and oxygen atoms in total. The number of carbonyl (C=O) groups excluding carboxylic acids is 1. The van der Waals surface area contributed by atoms with E-state index in [4.69, 9.17) is 5.73 Å². The summed E-state index contributed by atoms with van der Waals surface area (Å²) in [7, 11) is 2.16. The van der Waals surface area contributed by atoms with Gasteiger partial charge in [0, 0.05) is 32.7 Å². The Morgan fingerprint density at radius 3 is 2.55 bits per heavy atom. The van der Waals surface area contributed by atoms with E-state index in [9.17, 15) is 4.79 Å².